The van der Waals surface area contributed by atoms with E-state index in [-0.39, 0.29) is 11.7 Å². The van der Waals surface area contributed by atoms with Crippen LogP contribution in [0.15, 0.2) is 53.5 Å². The van der Waals surface area contributed by atoms with Gasteiger partial charge in [-0.2, -0.15) is 0 Å². The van der Waals surface area contributed by atoms with E-state index in [0.717, 1.165) is 41.8 Å². The summed E-state index contributed by atoms with van der Waals surface area (Å²) in [4.78, 5) is 24.8. The summed E-state index contributed by atoms with van der Waals surface area (Å²) in [5.74, 6) is 2.76. The Labute approximate surface area is 177 Å². The van der Waals surface area contributed by atoms with Crippen LogP contribution in [0.5, 0.6) is 11.5 Å². The van der Waals surface area contributed by atoms with Crippen molar-refractivity contribution in [3.8, 4) is 11.5 Å². The van der Waals surface area contributed by atoms with Gasteiger partial charge in [0, 0.05) is 29.4 Å². The van der Waals surface area contributed by atoms with Gasteiger partial charge in [0.05, 0.1) is 17.1 Å². The third kappa shape index (κ3) is 3.41. The minimum absolute atomic E-state index is 0.164. The van der Waals surface area contributed by atoms with E-state index in [4.69, 9.17) is 16.3 Å². The van der Waals surface area contributed by atoms with Crippen molar-refractivity contribution in [3.63, 3.8) is 0 Å². The first kappa shape index (κ1) is 18.7. The highest BCUT2D eigenvalue weighted by Gasteiger charge is 2.25. The standard InChI is InChI=1S/C22H20ClN5O2/c1-13-25-12-17-19(6-3-9-24-21(17)26-13)28-20-11-16(7-8-18(20)27-22(28)29)30-15-5-2-4-14(23)10-15/h2,4-5,7-8,10-12,19H,3,6,9H2,1H3,(H,27,29)(H,24,25,26). The van der Waals surface area contributed by atoms with Crippen LogP contribution in [-0.4, -0.2) is 26.1 Å². The Morgan fingerprint density at radius 2 is 2.07 bits per heavy atom. The van der Waals surface area contributed by atoms with Crippen molar-refractivity contribution in [2.45, 2.75) is 25.8 Å². The summed E-state index contributed by atoms with van der Waals surface area (Å²) in [7, 11) is 0. The number of ether oxygens (including phenoxy) is 1. The molecule has 7 nitrogen and oxygen atoms in total. The van der Waals surface area contributed by atoms with Crippen LogP contribution in [0.25, 0.3) is 11.0 Å². The smallest absolute Gasteiger partial charge is 0.327 e. The molecule has 0 amide bonds. The molecular formula is C22H20ClN5O2. The zero-order valence-electron chi connectivity index (χ0n) is 16.4. The number of hydrogen-bond acceptors (Lipinski definition) is 5. The van der Waals surface area contributed by atoms with Crippen LogP contribution < -0.4 is 15.7 Å². The van der Waals surface area contributed by atoms with Crippen molar-refractivity contribution in [2.75, 3.05) is 11.9 Å². The lowest BCUT2D eigenvalue weighted by Gasteiger charge is -2.18. The fraction of sp³-hybridized carbons (Fsp3) is 0.227. The van der Waals surface area contributed by atoms with Gasteiger partial charge in [-0.05, 0) is 50.1 Å². The summed E-state index contributed by atoms with van der Waals surface area (Å²) >= 11 is 6.06. The molecule has 0 saturated carbocycles. The zero-order chi connectivity index (χ0) is 20.7. The number of anilines is 1. The summed E-state index contributed by atoms with van der Waals surface area (Å²) in [5.41, 5.74) is 2.29. The van der Waals surface area contributed by atoms with E-state index < -0.39 is 0 Å². The average molecular weight is 422 g/mol. The molecule has 2 aromatic heterocycles. The maximum atomic E-state index is 12.9. The third-order valence-electron chi connectivity index (χ3n) is 5.28. The Bertz CT molecular complexity index is 1300. The lowest BCUT2D eigenvalue weighted by molar-refractivity contribution is 0.482. The number of aryl methyl sites for hydroxylation is 1. The van der Waals surface area contributed by atoms with Crippen LogP contribution >= 0.6 is 11.6 Å². The van der Waals surface area contributed by atoms with Gasteiger partial charge in [-0.1, -0.05) is 17.7 Å². The highest BCUT2D eigenvalue weighted by atomic mass is 35.5. The molecule has 0 aliphatic carbocycles. The van der Waals surface area contributed by atoms with Gasteiger partial charge in [0.25, 0.3) is 0 Å². The molecule has 1 unspecified atom stereocenters. The number of benzene rings is 2. The molecule has 0 fully saturated rings. The second kappa shape index (κ2) is 7.50. The van der Waals surface area contributed by atoms with Crippen LogP contribution in [0.1, 0.15) is 30.3 Å². The van der Waals surface area contributed by atoms with Gasteiger partial charge in [-0.3, -0.25) is 4.57 Å². The fourth-order valence-electron chi connectivity index (χ4n) is 3.93. The van der Waals surface area contributed by atoms with Crippen LogP contribution in [0.4, 0.5) is 5.82 Å². The first-order valence-corrected chi connectivity index (χ1v) is 10.2. The van der Waals surface area contributed by atoms with E-state index in [9.17, 15) is 4.79 Å². The number of nitrogens with zero attached hydrogens (tertiary/aromatic N) is 3. The van der Waals surface area contributed by atoms with Gasteiger partial charge in [0.1, 0.15) is 23.1 Å². The average Bonchev–Trinajstić information content (AvgIpc) is 2.90. The molecule has 152 valence electrons. The minimum atomic E-state index is -0.168. The van der Waals surface area contributed by atoms with Crippen molar-refractivity contribution < 1.29 is 4.74 Å². The third-order valence-corrected chi connectivity index (χ3v) is 5.51. The minimum Gasteiger partial charge on any atom is -0.457 e. The van der Waals surface area contributed by atoms with E-state index in [1.54, 1.807) is 16.7 Å². The number of halogens is 1. The summed E-state index contributed by atoms with van der Waals surface area (Å²) < 4.78 is 7.76. The molecule has 0 radical (unpaired) electrons. The zero-order valence-corrected chi connectivity index (χ0v) is 17.1. The molecule has 30 heavy (non-hydrogen) atoms. The number of fused-ring (bicyclic) bond motifs is 2. The molecule has 1 aliphatic heterocycles. The van der Waals surface area contributed by atoms with Gasteiger partial charge in [0.15, 0.2) is 0 Å². The maximum Gasteiger partial charge on any atom is 0.327 e. The number of H-pyrrole nitrogens is 1. The lowest BCUT2D eigenvalue weighted by Crippen LogP contribution is -2.23. The molecule has 4 aromatic rings. The molecular weight excluding hydrogens is 402 g/mol. The normalized spacial score (nSPS) is 16.0. The quantitative estimate of drug-likeness (QED) is 0.502. The molecule has 5 rings (SSSR count). The first-order valence-electron chi connectivity index (χ1n) is 9.83. The highest BCUT2D eigenvalue weighted by molar-refractivity contribution is 6.30. The second-order valence-electron chi connectivity index (χ2n) is 7.34. The lowest BCUT2D eigenvalue weighted by atomic mass is 10.0. The Morgan fingerprint density at radius 1 is 1.20 bits per heavy atom. The number of nitrogens with one attached hydrogen (secondary N) is 2. The Morgan fingerprint density at radius 3 is 2.93 bits per heavy atom. The molecule has 3 heterocycles. The number of rotatable bonds is 3. The van der Waals surface area contributed by atoms with E-state index in [2.05, 4.69) is 20.3 Å². The summed E-state index contributed by atoms with van der Waals surface area (Å²) in [6.45, 7) is 2.67. The predicted octanol–water partition coefficient (Wildman–Crippen LogP) is 4.67. The first-order chi connectivity index (χ1) is 14.6. The number of aromatic amines is 1. The Balaban J connectivity index is 1.61. The molecule has 1 aliphatic rings. The second-order valence-corrected chi connectivity index (χ2v) is 7.78. The van der Waals surface area contributed by atoms with E-state index in [1.807, 2.05) is 43.5 Å². The molecule has 2 N–H and O–H groups in total. The van der Waals surface area contributed by atoms with Gasteiger partial charge in [-0.25, -0.2) is 14.8 Å². The fourth-order valence-corrected chi connectivity index (χ4v) is 4.11. The van der Waals surface area contributed by atoms with Crippen molar-refractivity contribution >= 4 is 28.5 Å². The monoisotopic (exact) mass is 421 g/mol. The number of aromatic nitrogens is 4. The number of hydrogen-bond donors (Lipinski definition) is 2. The Kier molecular flexibility index (Phi) is 4.67. The van der Waals surface area contributed by atoms with E-state index in [1.165, 1.54) is 0 Å². The molecule has 0 saturated heterocycles. The summed E-state index contributed by atoms with van der Waals surface area (Å²) in [6, 6.07) is 12.6. The van der Waals surface area contributed by atoms with Crippen LogP contribution in [-0.2, 0) is 0 Å². The largest absolute Gasteiger partial charge is 0.457 e. The maximum absolute atomic E-state index is 12.9. The van der Waals surface area contributed by atoms with Gasteiger partial charge >= 0.3 is 5.69 Å². The van der Waals surface area contributed by atoms with E-state index >= 15 is 0 Å². The number of imidazole rings is 1. The van der Waals surface area contributed by atoms with Crippen LogP contribution in [0, 0.1) is 6.92 Å². The molecule has 0 spiro atoms. The summed E-state index contributed by atoms with van der Waals surface area (Å²) in [6.07, 6.45) is 3.54. The molecule has 1 atom stereocenters. The highest BCUT2D eigenvalue weighted by Crippen LogP contribution is 2.33. The SMILES string of the molecule is Cc1ncc2c(n1)NCCCC2n1c(=O)[nH]c2ccc(Oc3cccc(Cl)c3)cc21. The van der Waals surface area contributed by atoms with Crippen molar-refractivity contribution in [1.82, 2.24) is 19.5 Å². The Hall–Kier alpha value is -3.32. The molecule has 2 aromatic carbocycles. The van der Waals surface area contributed by atoms with Gasteiger partial charge in [-0.15, -0.1) is 0 Å². The summed E-state index contributed by atoms with van der Waals surface area (Å²) in [5, 5.41) is 3.96. The van der Waals surface area contributed by atoms with Gasteiger partial charge < -0.3 is 15.0 Å². The van der Waals surface area contributed by atoms with Crippen LogP contribution in [0.2, 0.25) is 5.02 Å². The topological polar surface area (TPSA) is 84.8 Å². The van der Waals surface area contributed by atoms with E-state index in [0.29, 0.717) is 22.3 Å². The van der Waals surface area contributed by atoms with Crippen LogP contribution in [0.3, 0.4) is 0 Å². The predicted molar refractivity (Wildman–Crippen MR) is 117 cm³/mol. The van der Waals surface area contributed by atoms with Crippen molar-refractivity contribution in [2.24, 2.45) is 0 Å². The molecule has 8 heteroatoms. The van der Waals surface area contributed by atoms with Crippen molar-refractivity contribution in [3.05, 3.63) is 75.6 Å². The van der Waals surface area contributed by atoms with Crippen molar-refractivity contribution in [1.29, 1.82) is 0 Å². The van der Waals surface area contributed by atoms with Gasteiger partial charge in [0.2, 0.25) is 0 Å². The molecule has 0 bridgehead atoms.